The molecule has 0 amide bonds. The quantitative estimate of drug-likeness (QED) is 0.883. The third-order valence-electron chi connectivity index (χ3n) is 4.25. The van der Waals surface area contributed by atoms with Gasteiger partial charge in [0.05, 0.1) is 7.11 Å². The first-order valence-corrected chi connectivity index (χ1v) is 7.07. The molecular weight excluding hydrogens is 222 g/mol. The molecule has 0 aromatic heterocycles. The lowest BCUT2D eigenvalue weighted by Crippen LogP contribution is -2.46. The molecule has 2 atom stereocenters. The number of benzene rings is 1. The predicted octanol–water partition coefficient (Wildman–Crippen LogP) is 3.54. The molecule has 1 saturated carbocycles. The molecule has 18 heavy (non-hydrogen) atoms. The highest BCUT2D eigenvalue weighted by Gasteiger charge is 2.32. The second-order valence-electron chi connectivity index (χ2n) is 5.76. The second kappa shape index (κ2) is 5.75. The van der Waals surface area contributed by atoms with Crippen molar-refractivity contribution in [1.29, 1.82) is 0 Å². The maximum absolute atomic E-state index is 6.61. The van der Waals surface area contributed by atoms with Crippen LogP contribution in [0.5, 0.6) is 5.75 Å². The smallest absolute Gasteiger partial charge is 0.119 e. The van der Waals surface area contributed by atoms with E-state index >= 15 is 0 Å². The highest BCUT2D eigenvalue weighted by atomic mass is 16.5. The van der Waals surface area contributed by atoms with Crippen molar-refractivity contribution < 1.29 is 4.74 Å². The molecule has 1 aromatic carbocycles. The maximum atomic E-state index is 6.61. The Balaban J connectivity index is 2.06. The number of rotatable bonds is 4. The predicted molar refractivity (Wildman–Crippen MR) is 75.9 cm³/mol. The standard InChI is InChI=1S/C16H25NO/c1-3-13-7-5-9-16(17,11-13)12-14-6-4-8-15(10-14)18-2/h4,6,8,10,13H,3,5,7,9,11-12,17H2,1-2H3. The Labute approximate surface area is 111 Å². The van der Waals surface area contributed by atoms with Crippen LogP contribution in [-0.4, -0.2) is 12.6 Å². The van der Waals surface area contributed by atoms with Crippen LogP contribution in [0.25, 0.3) is 0 Å². The van der Waals surface area contributed by atoms with E-state index in [9.17, 15) is 0 Å². The van der Waals surface area contributed by atoms with Gasteiger partial charge >= 0.3 is 0 Å². The lowest BCUT2D eigenvalue weighted by Gasteiger charge is -2.38. The van der Waals surface area contributed by atoms with Crippen molar-refractivity contribution in [3.63, 3.8) is 0 Å². The molecular formula is C16H25NO. The molecule has 0 radical (unpaired) electrons. The average Bonchev–Trinajstić information content (AvgIpc) is 2.38. The van der Waals surface area contributed by atoms with Crippen LogP contribution in [-0.2, 0) is 6.42 Å². The van der Waals surface area contributed by atoms with Gasteiger partial charge in [-0.1, -0.05) is 38.3 Å². The highest BCUT2D eigenvalue weighted by Crippen LogP contribution is 2.35. The zero-order valence-corrected chi connectivity index (χ0v) is 11.6. The number of hydrogen-bond donors (Lipinski definition) is 1. The summed E-state index contributed by atoms with van der Waals surface area (Å²) in [5.41, 5.74) is 7.90. The summed E-state index contributed by atoms with van der Waals surface area (Å²) in [6.45, 7) is 2.28. The minimum atomic E-state index is -0.00864. The van der Waals surface area contributed by atoms with Crippen LogP contribution < -0.4 is 10.5 Å². The Morgan fingerprint density at radius 1 is 1.44 bits per heavy atom. The Morgan fingerprint density at radius 3 is 3.00 bits per heavy atom. The van der Waals surface area contributed by atoms with Gasteiger partial charge in [-0.3, -0.25) is 0 Å². The molecule has 1 aliphatic rings. The van der Waals surface area contributed by atoms with E-state index in [1.165, 1.54) is 31.2 Å². The van der Waals surface area contributed by atoms with Crippen molar-refractivity contribution in [3.8, 4) is 5.75 Å². The molecule has 2 N–H and O–H groups in total. The summed E-state index contributed by atoms with van der Waals surface area (Å²) in [5.74, 6) is 1.74. The summed E-state index contributed by atoms with van der Waals surface area (Å²) in [7, 11) is 1.71. The molecule has 2 rings (SSSR count). The first-order valence-electron chi connectivity index (χ1n) is 7.07. The van der Waals surface area contributed by atoms with Gasteiger partial charge in [0.15, 0.2) is 0 Å². The van der Waals surface area contributed by atoms with E-state index in [1.54, 1.807) is 7.11 Å². The fourth-order valence-electron chi connectivity index (χ4n) is 3.22. The fourth-order valence-corrected chi connectivity index (χ4v) is 3.22. The van der Waals surface area contributed by atoms with Gasteiger partial charge in [-0.15, -0.1) is 0 Å². The van der Waals surface area contributed by atoms with Crippen LogP contribution in [0.3, 0.4) is 0 Å². The summed E-state index contributed by atoms with van der Waals surface area (Å²) in [6, 6.07) is 8.32. The van der Waals surface area contributed by atoms with Gasteiger partial charge in [0.25, 0.3) is 0 Å². The van der Waals surface area contributed by atoms with Crippen molar-refractivity contribution in [2.75, 3.05) is 7.11 Å². The van der Waals surface area contributed by atoms with E-state index < -0.39 is 0 Å². The van der Waals surface area contributed by atoms with Gasteiger partial charge in [-0.2, -0.15) is 0 Å². The van der Waals surface area contributed by atoms with E-state index in [4.69, 9.17) is 10.5 Å². The van der Waals surface area contributed by atoms with E-state index in [1.807, 2.05) is 6.07 Å². The molecule has 0 aliphatic heterocycles. The van der Waals surface area contributed by atoms with Gasteiger partial charge < -0.3 is 10.5 Å². The van der Waals surface area contributed by atoms with Crippen molar-refractivity contribution in [1.82, 2.24) is 0 Å². The molecule has 2 heteroatoms. The van der Waals surface area contributed by atoms with Gasteiger partial charge in [-0.05, 0) is 42.9 Å². The zero-order valence-electron chi connectivity index (χ0n) is 11.6. The van der Waals surface area contributed by atoms with Gasteiger partial charge in [0.2, 0.25) is 0 Å². The fraction of sp³-hybridized carbons (Fsp3) is 0.625. The van der Waals surface area contributed by atoms with Crippen LogP contribution in [0, 0.1) is 5.92 Å². The van der Waals surface area contributed by atoms with E-state index in [-0.39, 0.29) is 5.54 Å². The van der Waals surface area contributed by atoms with Crippen molar-refractivity contribution in [2.24, 2.45) is 11.7 Å². The van der Waals surface area contributed by atoms with Crippen LogP contribution in [0.1, 0.15) is 44.6 Å². The first kappa shape index (κ1) is 13.4. The monoisotopic (exact) mass is 247 g/mol. The van der Waals surface area contributed by atoms with Gasteiger partial charge in [0, 0.05) is 5.54 Å². The van der Waals surface area contributed by atoms with Crippen molar-refractivity contribution in [2.45, 2.75) is 51.0 Å². The van der Waals surface area contributed by atoms with Crippen LogP contribution in [0.4, 0.5) is 0 Å². The number of methoxy groups -OCH3 is 1. The Kier molecular flexibility index (Phi) is 4.28. The minimum absolute atomic E-state index is 0.00864. The molecule has 1 aliphatic carbocycles. The van der Waals surface area contributed by atoms with Crippen LogP contribution in [0.15, 0.2) is 24.3 Å². The number of hydrogen-bond acceptors (Lipinski definition) is 2. The van der Waals surface area contributed by atoms with Crippen molar-refractivity contribution >= 4 is 0 Å². The Hall–Kier alpha value is -1.02. The lowest BCUT2D eigenvalue weighted by atomic mass is 9.72. The molecule has 1 fully saturated rings. The molecule has 0 spiro atoms. The summed E-state index contributed by atoms with van der Waals surface area (Å²) >= 11 is 0. The minimum Gasteiger partial charge on any atom is -0.497 e. The summed E-state index contributed by atoms with van der Waals surface area (Å²) in [6.07, 6.45) is 7.19. The van der Waals surface area contributed by atoms with E-state index in [0.717, 1.165) is 24.5 Å². The SMILES string of the molecule is CCC1CCCC(N)(Cc2cccc(OC)c2)C1. The molecule has 2 nitrogen and oxygen atoms in total. The zero-order chi connectivity index (χ0) is 13.0. The molecule has 0 heterocycles. The average molecular weight is 247 g/mol. The largest absolute Gasteiger partial charge is 0.497 e. The number of nitrogens with two attached hydrogens (primary N) is 1. The van der Waals surface area contributed by atoms with E-state index in [2.05, 4.69) is 25.1 Å². The Morgan fingerprint density at radius 2 is 2.28 bits per heavy atom. The molecule has 2 unspecified atom stereocenters. The number of ether oxygens (including phenoxy) is 1. The summed E-state index contributed by atoms with van der Waals surface area (Å²) < 4.78 is 5.28. The van der Waals surface area contributed by atoms with Crippen LogP contribution in [0.2, 0.25) is 0 Å². The van der Waals surface area contributed by atoms with Gasteiger partial charge in [0.1, 0.15) is 5.75 Å². The van der Waals surface area contributed by atoms with Crippen molar-refractivity contribution in [3.05, 3.63) is 29.8 Å². The summed E-state index contributed by atoms with van der Waals surface area (Å²) in [5, 5.41) is 0. The van der Waals surface area contributed by atoms with Gasteiger partial charge in [-0.25, -0.2) is 0 Å². The highest BCUT2D eigenvalue weighted by molar-refractivity contribution is 5.29. The summed E-state index contributed by atoms with van der Waals surface area (Å²) in [4.78, 5) is 0. The molecule has 100 valence electrons. The molecule has 0 saturated heterocycles. The third kappa shape index (κ3) is 3.26. The second-order valence-corrected chi connectivity index (χ2v) is 5.76. The van der Waals surface area contributed by atoms with Crippen LogP contribution >= 0.6 is 0 Å². The van der Waals surface area contributed by atoms with E-state index in [0.29, 0.717) is 0 Å². The first-order chi connectivity index (χ1) is 8.65. The topological polar surface area (TPSA) is 35.2 Å². The molecule has 0 bridgehead atoms. The third-order valence-corrected chi connectivity index (χ3v) is 4.25. The maximum Gasteiger partial charge on any atom is 0.119 e. The lowest BCUT2D eigenvalue weighted by molar-refractivity contribution is 0.218. The molecule has 1 aromatic rings. The Bertz CT molecular complexity index is 390. The normalized spacial score (nSPS) is 28.1.